The van der Waals surface area contributed by atoms with Gasteiger partial charge in [-0.05, 0) is 52.1 Å². The Morgan fingerprint density at radius 1 is 1.27 bits per heavy atom. The predicted molar refractivity (Wildman–Crippen MR) is 70.7 cm³/mol. The summed E-state index contributed by atoms with van der Waals surface area (Å²) >= 11 is 1.63. The van der Waals surface area contributed by atoms with E-state index in [2.05, 4.69) is 63.3 Å². The Hall–Kier alpha value is -0.760. The Labute approximate surface area is 97.1 Å². The van der Waals surface area contributed by atoms with E-state index in [0.717, 1.165) is 5.71 Å². The van der Waals surface area contributed by atoms with Crippen molar-refractivity contribution in [2.24, 2.45) is 4.40 Å². The van der Waals surface area contributed by atoms with Crippen LogP contribution in [0.2, 0.25) is 0 Å². The van der Waals surface area contributed by atoms with E-state index in [1.807, 2.05) is 0 Å². The van der Waals surface area contributed by atoms with Crippen LogP contribution < -0.4 is 0 Å². The fourth-order valence-corrected chi connectivity index (χ4v) is 1.64. The van der Waals surface area contributed by atoms with Gasteiger partial charge < -0.3 is 0 Å². The topological polar surface area (TPSA) is 12.4 Å². The third-order valence-corrected chi connectivity index (χ3v) is 2.81. The van der Waals surface area contributed by atoms with Gasteiger partial charge in [0.1, 0.15) is 0 Å². The number of hydrogen-bond acceptors (Lipinski definition) is 2. The molecule has 1 nitrogen and oxygen atoms in total. The molecule has 15 heavy (non-hydrogen) atoms. The highest BCUT2D eigenvalue weighted by Gasteiger charge is 2.10. The summed E-state index contributed by atoms with van der Waals surface area (Å²) in [6.07, 6.45) is 0. The maximum atomic E-state index is 4.54. The molecular formula is C13H19NS. The Morgan fingerprint density at radius 3 is 2.47 bits per heavy atom. The van der Waals surface area contributed by atoms with Crippen LogP contribution in [0.3, 0.4) is 0 Å². The van der Waals surface area contributed by atoms with Crippen molar-refractivity contribution in [1.82, 2.24) is 0 Å². The van der Waals surface area contributed by atoms with Crippen molar-refractivity contribution in [2.75, 3.05) is 0 Å². The molecule has 0 aliphatic heterocycles. The van der Waals surface area contributed by atoms with Crippen molar-refractivity contribution < 1.29 is 0 Å². The van der Waals surface area contributed by atoms with Gasteiger partial charge in [0.2, 0.25) is 0 Å². The fourth-order valence-electron chi connectivity index (χ4n) is 1.13. The molecule has 0 saturated heterocycles. The zero-order valence-corrected chi connectivity index (χ0v) is 11.0. The molecule has 0 bridgehead atoms. The van der Waals surface area contributed by atoms with E-state index in [9.17, 15) is 0 Å². The monoisotopic (exact) mass is 221 g/mol. The first-order chi connectivity index (χ1) is 6.88. The Balaban J connectivity index is 2.80. The molecule has 1 rings (SSSR count). The molecule has 0 N–H and O–H groups in total. The molecule has 2 heteroatoms. The molecule has 0 aliphatic rings. The molecule has 0 saturated carbocycles. The third kappa shape index (κ3) is 4.52. The Morgan fingerprint density at radius 2 is 1.93 bits per heavy atom. The minimum Gasteiger partial charge on any atom is -0.220 e. The maximum Gasteiger partial charge on any atom is 0.0528 e. The Kier molecular flexibility index (Phi) is 3.97. The highest BCUT2D eigenvalue weighted by molar-refractivity contribution is 7.99. The number of rotatable bonds is 2. The summed E-state index contributed by atoms with van der Waals surface area (Å²) in [6, 6.07) is 8.45. The van der Waals surface area contributed by atoms with Crippen molar-refractivity contribution in [3.8, 4) is 0 Å². The minimum atomic E-state index is 0.186. The summed E-state index contributed by atoms with van der Waals surface area (Å²) in [5.74, 6) is 0. The standard InChI is InChI=1S/C13H19NS/c1-10-7-6-8-12(9-10)11(2)14-15-13(3,4)5/h6-9H,1-5H3. The van der Waals surface area contributed by atoms with E-state index in [-0.39, 0.29) is 4.75 Å². The molecule has 0 amide bonds. The van der Waals surface area contributed by atoms with Crippen LogP contribution in [0.15, 0.2) is 28.7 Å². The second-order valence-electron chi connectivity index (χ2n) is 4.75. The van der Waals surface area contributed by atoms with Crippen LogP contribution in [0.4, 0.5) is 0 Å². The normalized spacial score (nSPS) is 13.0. The van der Waals surface area contributed by atoms with Gasteiger partial charge in [0.15, 0.2) is 0 Å². The van der Waals surface area contributed by atoms with Crippen molar-refractivity contribution in [1.29, 1.82) is 0 Å². The van der Waals surface area contributed by atoms with E-state index in [0.29, 0.717) is 0 Å². The molecule has 0 aromatic heterocycles. The summed E-state index contributed by atoms with van der Waals surface area (Å²) < 4.78 is 4.73. The van der Waals surface area contributed by atoms with Gasteiger partial charge >= 0.3 is 0 Å². The van der Waals surface area contributed by atoms with Crippen LogP contribution in [-0.4, -0.2) is 10.5 Å². The molecule has 0 aliphatic carbocycles. The summed E-state index contributed by atoms with van der Waals surface area (Å²) in [7, 11) is 0. The molecule has 1 aromatic carbocycles. The zero-order chi connectivity index (χ0) is 11.5. The molecule has 0 radical (unpaired) electrons. The van der Waals surface area contributed by atoms with Gasteiger partial charge in [0.05, 0.1) is 5.71 Å². The van der Waals surface area contributed by atoms with Gasteiger partial charge in [-0.25, -0.2) is 4.40 Å². The summed E-state index contributed by atoms with van der Waals surface area (Å²) in [5.41, 5.74) is 3.59. The third-order valence-electron chi connectivity index (χ3n) is 1.89. The lowest BCUT2D eigenvalue weighted by Crippen LogP contribution is -2.06. The van der Waals surface area contributed by atoms with Crippen molar-refractivity contribution >= 4 is 17.7 Å². The van der Waals surface area contributed by atoms with E-state index in [1.54, 1.807) is 11.9 Å². The number of nitrogens with zero attached hydrogens (tertiary/aromatic N) is 1. The van der Waals surface area contributed by atoms with E-state index in [1.165, 1.54) is 11.1 Å². The Bertz CT molecular complexity index is 361. The predicted octanol–water partition coefficient (Wildman–Crippen LogP) is 4.25. The van der Waals surface area contributed by atoms with Gasteiger partial charge in [-0.1, -0.05) is 29.8 Å². The molecule has 0 spiro atoms. The van der Waals surface area contributed by atoms with Crippen LogP contribution in [0.25, 0.3) is 0 Å². The average Bonchev–Trinajstić information content (AvgIpc) is 2.13. The molecule has 82 valence electrons. The number of aryl methyl sites for hydroxylation is 1. The smallest absolute Gasteiger partial charge is 0.0528 e. The van der Waals surface area contributed by atoms with Gasteiger partial charge in [-0.15, -0.1) is 0 Å². The minimum absolute atomic E-state index is 0.186. The highest BCUT2D eigenvalue weighted by Crippen LogP contribution is 2.25. The van der Waals surface area contributed by atoms with Crippen molar-refractivity contribution in [3.05, 3.63) is 35.4 Å². The first-order valence-corrected chi connectivity index (χ1v) is 5.96. The lowest BCUT2D eigenvalue weighted by atomic mass is 10.1. The fraction of sp³-hybridized carbons (Fsp3) is 0.462. The first-order valence-electron chi connectivity index (χ1n) is 5.18. The number of hydrogen-bond donors (Lipinski definition) is 0. The second kappa shape index (κ2) is 4.84. The SMILES string of the molecule is CC(=NSC(C)(C)C)c1cccc(C)c1. The zero-order valence-electron chi connectivity index (χ0n) is 10.2. The van der Waals surface area contributed by atoms with Crippen LogP contribution in [0.5, 0.6) is 0 Å². The summed E-state index contributed by atoms with van der Waals surface area (Å²) in [4.78, 5) is 0. The summed E-state index contributed by atoms with van der Waals surface area (Å²) in [6.45, 7) is 10.7. The first kappa shape index (κ1) is 12.3. The van der Waals surface area contributed by atoms with Crippen LogP contribution in [0, 0.1) is 6.92 Å². The van der Waals surface area contributed by atoms with Gasteiger partial charge in [0.25, 0.3) is 0 Å². The van der Waals surface area contributed by atoms with E-state index in [4.69, 9.17) is 0 Å². The van der Waals surface area contributed by atoms with Crippen molar-refractivity contribution in [2.45, 2.75) is 39.4 Å². The molecule has 0 atom stereocenters. The molecular weight excluding hydrogens is 202 g/mol. The van der Waals surface area contributed by atoms with Crippen LogP contribution in [0.1, 0.15) is 38.8 Å². The average molecular weight is 221 g/mol. The lowest BCUT2D eigenvalue weighted by Gasteiger charge is -2.13. The van der Waals surface area contributed by atoms with Gasteiger partial charge in [-0.3, -0.25) is 0 Å². The van der Waals surface area contributed by atoms with Gasteiger partial charge in [0, 0.05) is 4.75 Å². The molecule has 0 heterocycles. The second-order valence-corrected chi connectivity index (χ2v) is 6.34. The molecule has 0 unspecified atom stereocenters. The van der Waals surface area contributed by atoms with Crippen molar-refractivity contribution in [3.63, 3.8) is 0 Å². The lowest BCUT2D eigenvalue weighted by molar-refractivity contribution is 0.804. The van der Waals surface area contributed by atoms with Crippen LogP contribution >= 0.6 is 11.9 Å². The number of benzene rings is 1. The highest BCUT2D eigenvalue weighted by atomic mass is 32.2. The quantitative estimate of drug-likeness (QED) is 0.537. The van der Waals surface area contributed by atoms with E-state index < -0.39 is 0 Å². The van der Waals surface area contributed by atoms with E-state index >= 15 is 0 Å². The maximum absolute atomic E-state index is 4.54. The molecule has 1 aromatic rings. The molecule has 0 fully saturated rings. The largest absolute Gasteiger partial charge is 0.220 e. The summed E-state index contributed by atoms with van der Waals surface area (Å²) in [5, 5.41) is 0. The van der Waals surface area contributed by atoms with Crippen LogP contribution in [-0.2, 0) is 0 Å². The van der Waals surface area contributed by atoms with Gasteiger partial charge in [-0.2, -0.15) is 0 Å².